The van der Waals surface area contributed by atoms with Gasteiger partial charge in [-0.15, -0.1) is 0 Å². The lowest BCUT2D eigenvalue weighted by Crippen LogP contribution is -2.33. The smallest absolute Gasteiger partial charge is 0.262 e. The summed E-state index contributed by atoms with van der Waals surface area (Å²) in [6.45, 7) is 1.63. The van der Waals surface area contributed by atoms with Gasteiger partial charge in [0.05, 0.1) is 0 Å². The predicted molar refractivity (Wildman–Crippen MR) is 107 cm³/mol. The normalized spacial score (nSPS) is 9.92. The number of benzene rings is 2. The Morgan fingerprint density at radius 3 is 2.12 bits per heavy atom. The van der Waals surface area contributed by atoms with E-state index < -0.39 is 0 Å². The summed E-state index contributed by atoms with van der Waals surface area (Å²) in [5.74, 6) is 0.116. The predicted octanol–water partition coefficient (Wildman–Crippen LogP) is 3.58. The van der Waals surface area contributed by atoms with Crippen LogP contribution in [0.25, 0.3) is 0 Å². The number of carbonyl (C=O) groups excluding carboxylic acids is 2. The number of thiocarbonyl (C=S) groups is 1. The molecule has 0 radical (unpaired) electrons. The van der Waals surface area contributed by atoms with Gasteiger partial charge in [-0.3, -0.25) is 9.59 Å². The molecule has 2 rings (SSSR count). The van der Waals surface area contributed by atoms with Crippen molar-refractivity contribution in [2.45, 2.75) is 13.3 Å². The number of hydrogen-bond acceptors (Lipinski definition) is 4. The molecule has 0 saturated carbocycles. The van der Waals surface area contributed by atoms with Gasteiger partial charge in [-0.1, -0.05) is 18.5 Å². The molecule has 2 aromatic carbocycles. The van der Waals surface area contributed by atoms with Gasteiger partial charge in [0.15, 0.2) is 11.7 Å². The molecule has 0 spiro atoms. The van der Waals surface area contributed by atoms with Gasteiger partial charge in [-0.2, -0.15) is 0 Å². The van der Waals surface area contributed by atoms with Crippen molar-refractivity contribution >= 4 is 52.1 Å². The molecule has 3 N–H and O–H groups in total. The van der Waals surface area contributed by atoms with E-state index in [2.05, 4.69) is 16.0 Å². The van der Waals surface area contributed by atoms with E-state index in [0.29, 0.717) is 28.6 Å². The Morgan fingerprint density at radius 1 is 0.962 bits per heavy atom. The Hall–Kier alpha value is -2.64. The molecule has 0 fully saturated rings. The van der Waals surface area contributed by atoms with E-state index in [9.17, 15) is 9.59 Å². The first-order valence-corrected chi connectivity index (χ1v) is 8.64. The van der Waals surface area contributed by atoms with E-state index in [1.165, 1.54) is 0 Å². The Balaban J connectivity index is 1.80. The number of amides is 2. The topological polar surface area (TPSA) is 79.5 Å². The summed E-state index contributed by atoms with van der Waals surface area (Å²) >= 11 is 10.8. The highest BCUT2D eigenvalue weighted by Crippen LogP contribution is 2.16. The summed E-state index contributed by atoms with van der Waals surface area (Å²) in [6, 6.07) is 13.7. The molecule has 0 aromatic heterocycles. The van der Waals surface area contributed by atoms with Crippen LogP contribution in [0.2, 0.25) is 5.02 Å². The van der Waals surface area contributed by atoms with E-state index >= 15 is 0 Å². The molecule has 8 heteroatoms. The van der Waals surface area contributed by atoms with Gasteiger partial charge in [0.25, 0.3) is 5.91 Å². The second kappa shape index (κ2) is 9.74. The zero-order valence-electron chi connectivity index (χ0n) is 14.0. The Morgan fingerprint density at radius 2 is 1.54 bits per heavy atom. The van der Waals surface area contributed by atoms with Crippen LogP contribution < -0.4 is 20.7 Å². The molecule has 6 nitrogen and oxygen atoms in total. The third kappa shape index (κ3) is 6.70. The van der Waals surface area contributed by atoms with Crippen molar-refractivity contribution < 1.29 is 14.3 Å². The fraction of sp³-hybridized carbons (Fsp3) is 0.167. The van der Waals surface area contributed by atoms with Crippen LogP contribution in [0.1, 0.15) is 13.3 Å². The standard InChI is InChI=1S/C18H18ClN3O3S/c1-2-16(23)22-18(26)21-14-7-5-13(6-8-14)20-17(24)11-25-15-9-3-12(19)4-10-15/h3-10H,2,11H2,1H3,(H,20,24)(H2,21,22,23,26). The van der Waals surface area contributed by atoms with Crippen molar-refractivity contribution in [2.24, 2.45) is 0 Å². The largest absolute Gasteiger partial charge is 0.484 e. The zero-order chi connectivity index (χ0) is 18.9. The van der Waals surface area contributed by atoms with E-state index in [4.69, 9.17) is 28.6 Å². The molecule has 0 unspecified atom stereocenters. The van der Waals surface area contributed by atoms with Gasteiger partial charge in [0.2, 0.25) is 5.91 Å². The summed E-state index contributed by atoms with van der Waals surface area (Å²) in [5.41, 5.74) is 1.31. The molecule has 0 heterocycles. The molecule has 0 aliphatic heterocycles. The van der Waals surface area contributed by atoms with Crippen LogP contribution in [-0.2, 0) is 9.59 Å². The summed E-state index contributed by atoms with van der Waals surface area (Å²) < 4.78 is 5.38. The monoisotopic (exact) mass is 391 g/mol. The van der Waals surface area contributed by atoms with Gasteiger partial charge in [0, 0.05) is 22.8 Å². The molecule has 0 aliphatic rings. The van der Waals surface area contributed by atoms with Gasteiger partial charge in [-0.05, 0) is 60.7 Å². The second-order valence-corrected chi connectivity index (χ2v) is 6.07. The maximum atomic E-state index is 11.9. The van der Waals surface area contributed by atoms with Crippen LogP contribution >= 0.6 is 23.8 Å². The van der Waals surface area contributed by atoms with Crippen LogP contribution in [0.4, 0.5) is 11.4 Å². The summed E-state index contributed by atoms with van der Waals surface area (Å²) in [7, 11) is 0. The van der Waals surface area contributed by atoms with E-state index in [1.54, 1.807) is 55.5 Å². The summed E-state index contributed by atoms with van der Waals surface area (Å²) in [5, 5.41) is 8.99. The lowest BCUT2D eigenvalue weighted by atomic mass is 10.3. The van der Waals surface area contributed by atoms with Crippen molar-refractivity contribution in [2.75, 3.05) is 17.2 Å². The zero-order valence-corrected chi connectivity index (χ0v) is 15.6. The van der Waals surface area contributed by atoms with Gasteiger partial charge in [-0.25, -0.2) is 0 Å². The molecule has 2 amide bonds. The second-order valence-electron chi connectivity index (χ2n) is 5.22. The van der Waals surface area contributed by atoms with Gasteiger partial charge in [0.1, 0.15) is 5.75 Å². The fourth-order valence-electron chi connectivity index (χ4n) is 1.89. The van der Waals surface area contributed by atoms with Gasteiger partial charge < -0.3 is 20.7 Å². The molecule has 2 aromatic rings. The molecule has 26 heavy (non-hydrogen) atoms. The number of rotatable bonds is 6. The molecule has 0 bridgehead atoms. The Bertz CT molecular complexity index is 779. The lowest BCUT2D eigenvalue weighted by molar-refractivity contribution is -0.119. The number of carbonyl (C=O) groups is 2. The Kier molecular flexibility index (Phi) is 7.37. The number of halogens is 1. The van der Waals surface area contributed by atoms with Crippen LogP contribution in [0.5, 0.6) is 5.75 Å². The number of hydrogen-bond donors (Lipinski definition) is 3. The maximum Gasteiger partial charge on any atom is 0.262 e. The third-order valence-electron chi connectivity index (χ3n) is 3.18. The quantitative estimate of drug-likeness (QED) is 0.656. The number of nitrogens with one attached hydrogen (secondary N) is 3. The first-order valence-electron chi connectivity index (χ1n) is 7.85. The summed E-state index contributed by atoms with van der Waals surface area (Å²) in [4.78, 5) is 23.2. The van der Waals surface area contributed by atoms with Crippen LogP contribution in [0.3, 0.4) is 0 Å². The highest BCUT2D eigenvalue weighted by molar-refractivity contribution is 7.80. The molecule has 0 saturated heterocycles. The molecule has 0 atom stereocenters. The average molecular weight is 392 g/mol. The fourth-order valence-corrected chi connectivity index (χ4v) is 2.25. The van der Waals surface area contributed by atoms with Crippen LogP contribution in [-0.4, -0.2) is 23.5 Å². The number of anilines is 2. The van der Waals surface area contributed by atoms with Crippen molar-refractivity contribution in [1.29, 1.82) is 0 Å². The van der Waals surface area contributed by atoms with Crippen molar-refractivity contribution in [1.82, 2.24) is 5.32 Å². The van der Waals surface area contributed by atoms with Crippen molar-refractivity contribution in [3.63, 3.8) is 0 Å². The third-order valence-corrected chi connectivity index (χ3v) is 3.64. The Labute approximate surface area is 161 Å². The van der Waals surface area contributed by atoms with Gasteiger partial charge >= 0.3 is 0 Å². The minimum absolute atomic E-state index is 0.116. The SMILES string of the molecule is CCC(=O)NC(=S)Nc1ccc(NC(=O)COc2ccc(Cl)cc2)cc1. The van der Waals surface area contributed by atoms with Crippen molar-refractivity contribution in [3.05, 3.63) is 53.6 Å². The van der Waals surface area contributed by atoms with E-state index in [1.807, 2.05) is 0 Å². The maximum absolute atomic E-state index is 11.9. The molecule has 136 valence electrons. The molecular weight excluding hydrogens is 374 g/mol. The highest BCUT2D eigenvalue weighted by Gasteiger charge is 2.05. The highest BCUT2D eigenvalue weighted by atomic mass is 35.5. The minimum atomic E-state index is -0.286. The van der Waals surface area contributed by atoms with E-state index in [-0.39, 0.29) is 23.5 Å². The summed E-state index contributed by atoms with van der Waals surface area (Å²) in [6.07, 6.45) is 0.352. The minimum Gasteiger partial charge on any atom is -0.484 e. The lowest BCUT2D eigenvalue weighted by Gasteiger charge is -2.10. The first-order chi connectivity index (χ1) is 12.5. The van der Waals surface area contributed by atoms with E-state index in [0.717, 1.165) is 0 Å². The van der Waals surface area contributed by atoms with Crippen molar-refractivity contribution in [3.8, 4) is 5.75 Å². The number of ether oxygens (including phenoxy) is 1. The average Bonchev–Trinajstić information content (AvgIpc) is 2.62. The van der Waals surface area contributed by atoms with Crippen LogP contribution in [0.15, 0.2) is 48.5 Å². The molecule has 0 aliphatic carbocycles. The molecular formula is C18H18ClN3O3S. The first kappa shape index (κ1) is 19.7. The van der Waals surface area contributed by atoms with Crippen LogP contribution in [0, 0.1) is 0 Å².